The fourth-order valence-electron chi connectivity index (χ4n) is 2.18. The Bertz CT molecular complexity index is 574. The third-order valence-electron chi connectivity index (χ3n) is 3.30. The van der Waals surface area contributed by atoms with Gasteiger partial charge in [0.15, 0.2) is 0 Å². The molecular formula is C18H22N2O. The van der Waals surface area contributed by atoms with E-state index in [1.54, 1.807) is 6.20 Å². The first-order chi connectivity index (χ1) is 10.2. The van der Waals surface area contributed by atoms with Crippen LogP contribution < -0.4 is 0 Å². The van der Waals surface area contributed by atoms with Gasteiger partial charge in [-0.15, -0.1) is 0 Å². The third-order valence-corrected chi connectivity index (χ3v) is 3.30. The van der Waals surface area contributed by atoms with E-state index in [1.165, 1.54) is 11.1 Å². The van der Waals surface area contributed by atoms with Crippen LogP contribution in [0.25, 0.3) is 5.57 Å². The van der Waals surface area contributed by atoms with Crippen LogP contribution in [0.3, 0.4) is 0 Å². The number of aromatic nitrogens is 1. The fourth-order valence-corrected chi connectivity index (χ4v) is 2.18. The van der Waals surface area contributed by atoms with Crippen molar-refractivity contribution in [1.82, 2.24) is 9.88 Å². The van der Waals surface area contributed by atoms with Crippen molar-refractivity contribution in [3.63, 3.8) is 0 Å². The van der Waals surface area contributed by atoms with E-state index < -0.39 is 0 Å². The number of hydrogen-bond acceptors (Lipinski definition) is 3. The zero-order valence-electron chi connectivity index (χ0n) is 12.7. The number of likely N-dealkylation sites (N-methyl/N-ethyl adjacent to an activating group) is 1. The van der Waals surface area contributed by atoms with Crippen LogP contribution in [-0.2, 0) is 6.42 Å². The largest absolute Gasteiger partial charge is 0.396 e. The Labute approximate surface area is 126 Å². The molecule has 21 heavy (non-hydrogen) atoms. The Morgan fingerprint density at radius 2 is 1.90 bits per heavy atom. The van der Waals surface area contributed by atoms with Gasteiger partial charge in [0.05, 0.1) is 0 Å². The molecule has 3 nitrogen and oxygen atoms in total. The van der Waals surface area contributed by atoms with Gasteiger partial charge in [-0.05, 0) is 43.3 Å². The van der Waals surface area contributed by atoms with Crippen molar-refractivity contribution >= 4 is 5.57 Å². The number of benzene rings is 1. The SMILES string of the molecule is CN(C)C/C=C(\c1ccc(CCO)cc1)c1cccnc1. The van der Waals surface area contributed by atoms with Gasteiger partial charge in [-0.3, -0.25) is 4.98 Å². The number of aliphatic hydroxyl groups excluding tert-OH is 1. The molecule has 1 aromatic heterocycles. The number of pyridine rings is 1. The van der Waals surface area contributed by atoms with Gasteiger partial charge in [-0.2, -0.15) is 0 Å². The molecule has 0 radical (unpaired) electrons. The molecule has 0 aliphatic carbocycles. The Balaban J connectivity index is 2.33. The maximum Gasteiger partial charge on any atom is 0.0471 e. The second-order valence-electron chi connectivity index (χ2n) is 5.29. The summed E-state index contributed by atoms with van der Waals surface area (Å²) in [6, 6.07) is 12.4. The third kappa shape index (κ3) is 4.52. The normalized spacial score (nSPS) is 11.9. The van der Waals surface area contributed by atoms with Gasteiger partial charge < -0.3 is 10.0 Å². The van der Waals surface area contributed by atoms with Crippen LogP contribution in [0.4, 0.5) is 0 Å². The van der Waals surface area contributed by atoms with Gasteiger partial charge in [-0.25, -0.2) is 0 Å². The van der Waals surface area contributed by atoms with E-state index in [0.29, 0.717) is 6.42 Å². The molecule has 0 fully saturated rings. The summed E-state index contributed by atoms with van der Waals surface area (Å²) in [4.78, 5) is 6.35. The molecule has 2 rings (SSSR count). The topological polar surface area (TPSA) is 36.4 Å². The summed E-state index contributed by atoms with van der Waals surface area (Å²) in [6.45, 7) is 1.06. The molecule has 0 saturated carbocycles. The molecular weight excluding hydrogens is 260 g/mol. The van der Waals surface area contributed by atoms with Crippen LogP contribution in [0.15, 0.2) is 54.9 Å². The van der Waals surface area contributed by atoms with Crippen molar-refractivity contribution in [2.24, 2.45) is 0 Å². The first-order valence-electron chi connectivity index (χ1n) is 7.16. The first-order valence-corrected chi connectivity index (χ1v) is 7.16. The maximum atomic E-state index is 9.00. The second kappa shape index (κ2) is 7.72. The van der Waals surface area contributed by atoms with Crippen LogP contribution in [0, 0.1) is 0 Å². The predicted molar refractivity (Wildman–Crippen MR) is 87.1 cm³/mol. The Morgan fingerprint density at radius 1 is 1.14 bits per heavy atom. The number of rotatable bonds is 6. The van der Waals surface area contributed by atoms with E-state index in [2.05, 4.69) is 60.4 Å². The second-order valence-corrected chi connectivity index (χ2v) is 5.29. The standard InChI is InChI=1S/C18H22N2O/c1-20(2)12-9-18(17-4-3-11-19-14-17)16-7-5-15(6-8-16)10-13-21/h3-9,11,14,21H,10,12-13H2,1-2H3/b18-9+. The van der Waals surface area contributed by atoms with Crippen LogP contribution in [0.5, 0.6) is 0 Å². The lowest BCUT2D eigenvalue weighted by molar-refractivity contribution is 0.299. The molecule has 3 heteroatoms. The molecule has 0 spiro atoms. The van der Waals surface area contributed by atoms with Gasteiger partial charge in [0.2, 0.25) is 0 Å². The average molecular weight is 282 g/mol. The minimum Gasteiger partial charge on any atom is -0.396 e. The van der Waals surface area contributed by atoms with Crippen LogP contribution in [0.2, 0.25) is 0 Å². The van der Waals surface area contributed by atoms with E-state index in [1.807, 2.05) is 12.3 Å². The van der Waals surface area contributed by atoms with E-state index in [0.717, 1.165) is 17.7 Å². The van der Waals surface area contributed by atoms with Gasteiger partial charge in [0.25, 0.3) is 0 Å². The smallest absolute Gasteiger partial charge is 0.0471 e. The quantitative estimate of drug-likeness (QED) is 0.885. The number of nitrogens with zero attached hydrogens (tertiary/aromatic N) is 2. The van der Waals surface area contributed by atoms with E-state index in [9.17, 15) is 0 Å². The highest BCUT2D eigenvalue weighted by Crippen LogP contribution is 2.23. The van der Waals surface area contributed by atoms with Crippen molar-refractivity contribution in [3.8, 4) is 0 Å². The molecule has 0 amide bonds. The Hall–Kier alpha value is -1.97. The molecule has 0 unspecified atom stereocenters. The van der Waals surface area contributed by atoms with Gasteiger partial charge in [0, 0.05) is 31.1 Å². The van der Waals surface area contributed by atoms with Gasteiger partial charge >= 0.3 is 0 Å². The lowest BCUT2D eigenvalue weighted by Crippen LogP contribution is -2.11. The molecule has 1 heterocycles. The molecule has 2 aromatic rings. The highest BCUT2D eigenvalue weighted by Gasteiger charge is 2.05. The molecule has 0 bridgehead atoms. The van der Waals surface area contributed by atoms with Gasteiger partial charge in [-0.1, -0.05) is 36.4 Å². The summed E-state index contributed by atoms with van der Waals surface area (Å²) in [6.07, 6.45) is 6.60. The number of aliphatic hydroxyl groups is 1. The molecule has 0 saturated heterocycles. The van der Waals surface area contributed by atoms with Crippen molar-refractivity contribution in [2.75, 3.05) is 27.2 Å². The summed E-state index contributed by atoms with van der Waals surface area (Å²) in [5.74, 6) is 0. The van der Waals surface area contributed by atoms with Crippen molar-refractivity contribution in [1.29, 1.82) is 0 Å². The van der Waals surface area contributed by atoms with Crippen LogP contribution >= 0.6 is 0 Å². The summed E-state index contributed by atoms with van der Waals surface area (Å²) < 4.78 is 0. The molecule has 0 aliphatic heterocycles. The van der Waals surface area contributed by atoms with E-state index >= 15 is 0 Å². The summed E-state index contributed by atoms with van der Waals surface area (Å²) in [7, 11) is 4.11. The van der Waals surface area contributed by atoms with Crippen LogP contribution in [-0.4, -0.2) is 42.2 Å². The molecule has 110 valence electrons. The zero-order valence-corrected chi connectivity index (χ0v) is 12.7. The van der Waals surface area contributed by atoms with Gasteiger partial charge in [0.1, 0.15) is 0 Å². The maximum absolute atomic E-state index is 9.00. The zero-order chi connectivity index (χ0) is 15.1. The minimum absolute atomic E-state index is 0.186. The monoisotopic (exact) mass is 282 g/mol. The summed E-state index contributed by atoms with van der Waals surface area (Å²) in [5, 5.41) is 9.00. The first kappa shape index (κ1) is 15.4. The average Bonchev–Trinajstić information content (AvgIpc) is 2.50. The number of hydrogen-bond donors (Lipinski definition) is 1. The Morgan fingerprint density at radius 3 is 2.48 bits per heavy atom. The lowest BCUT2D eigenvalue weighted by atomic mass is 9.97. The van der Waals surface area contributed by atoms with E-state index in [4.69, 9.17) is 5.11 Å². The highest BCUT2D eigenvalue weighted by atomic mass is 16.2. The molecule has 1 aromatic carbocycles. The lowest BCUT2D eigenvalue weighted by Gasteiger charge is -2.12. The Kier molecular flexibility index (Phi) is 5.67. The van der Waals surface area contributed by atoms with E-state index in [-0.39, 0.29) is 6.61 Å². The summed E-state index contributed by atoms with van der Waals surface area (Å²) >= 11 is 0. The molecule has 0 aliphatic rings. The molecule has 0 atom stereocenters. The van der Waals surface area contributed by atoms with Crippen molar-refractivity contribution < 1.29 is 5.11 Å². The predicted octanol–water partition coefficient (Wildman–Crippen LogP) is 2.61. The van der Waals surface area contributed by atoms with Crippen LogP contribution in [0.1, 0.15) is 16.7 Å². The minimum atomic E-state index is 0.186. The van der Waals surface area contributed by atoms with Crippen molar-refractivity contribution in [2.45, 2.75) is 6.42 Å². The molecule has 1 N–H and O–H groups in total. The summed E-state index contributed by atoms with van der Waals surface area (Å²) in [5.41, 5.74) is 4.63. The fraction of sp³-hybridized carbons (Fsp3) is 0.278. The van der Waals surface area contributed by atoms with Crippen molar-refractivity contribution in [3.05, 3.63) is 71.6 Å². The highest BCUT2D eigenvalue weighted by molar-refractivity contribution is 5.79.